The van der Waals surface area contributed by atoms with Crippen molar-refractivity contribution in [2.24, 2.45) is 0 Å². The smallest absolute Gasteiger partial charge is 0.410 e. The molecule has 0 aromatic heterocycles. The second kappa shape index (κ2) is 9.18. The van der Waals surface area contributed by atoms with Gasteiger partial charge in [0.1, 0.15) is 0 Å². The molecule has 1 aromatic rings. The van der Waals surface area contributed by atoms with Crippen LogP contribution in [0.5, 0.6) is 0 Å². The van der Waals surface area contributed by atoms with E-state index in [0.717, 1.165) is 71.0 Å². The number of benzene rings is 1. The fraction of sp³-hybridized carbons (Fsp3) is 0.714. The fourth-order valence-corrected chi connectivity index (χ4v) is 7.51. The Labute approximate surface area is 204 Å². The summed E-state index contributed by atoms with van der Waals surface area (Å²) < 4.78 is 5.37. The lowest BCUT2D eigenvalue weighted by Gasteiger charge is -2.44. The lowest BCUT2D eigenvalue weighted by atomic mass is 9.73. The van der Waals surface area contributed by atoms with Crippen LogP contribution in [0.3, 0.4) is 0 Å². The summed E-state index contributed by atoms with van der Waals surface area (Å²) in [5.41, 5.74) is 5.19. The van der Waals surface area contributed by atoms with Crippen molar-refractivity contribution in [2.75, 3.05) is 31.1 Å². The summed E-state index contributed by atoms with van der Waals surface area (Å²) in [4.78, 5) is 31.9. The summed E-state index contributed by atoms with van der Waals surface area (Å²) in [6.07, 6.45) is 8.86. The summed E-state index contributed by atoms with van der Waals surface area (Å²) in [6.45, 7) is 11.4. The van der Waals surface area contributed by atoms with E-state index in [1.165, 1.54) is 22.4 Å². The van der Waals surface area contributed by atoms with Crippen molar-refractivity contribution in [2.45, 2.75) is 103 Å². The van der Waals surface area contributed by atoms with Crippen LogP contribution in [-0.2, 0) is 14.9 Å². The number of fused-ring (bicyclic) bond motifs is 4. The summed E-state index contributed by atoms with van der Waals surface area (Å²) in [7, 11) is 0. The number of hydrogen-bond donors (Lipinski definition) is 0. The van der Waals surface area contributed by atoms with Crippen molar-refractivity contribution in [1.82, 2.24) is 9.80 Å². The molecule has 2 atom stereocenters. The molecule has 2 amide bonds. The summed E-state index contributed by atoms with van der Waals surface area (Å²) in [5, 5.41) is 0. The Kier molecular flexibility index (Phi) is 6.38. The van der Waals surface area contributed by atoms with Gasteiger partial charge in [0.05, 0.1) is 12.3 Å². The highest BCUT2D eigenvalue weighted by molar-refractivity contribution is 5.96. The molecule has 4 aliphatic rings. The lowest BCUT2D eigenvalue weighted by molar-refractivity contribution is -0.116. The highest BCUT2D eigenvalue weighted by Crippen LogP contribution is 2.49. The van der Waals surface area contributed by atoms with E-state index in [2.05, 4.69) is 35.8 Å². The van der Waals surface area contributed by atoms with Crippen LogP contribution in [0, 0.1) is 13.8 Å². The van der Waals surface area contributed by atoms with Gasteiger partial charge < -0.3 is 19.4 Å². The second-order valence-corrected chi connectivity index (χ2v) is 11.2. The van der Waals surface area contributed by atoms with E-state index in [-0.39, 0.29) is 17.4 Å². The standard InChI is InChI=1S/C28H41N3O3/c1-5-34-27(33)31-23-8-6-22(7-9-24(31)11-10-23)29-14-12-28(13-15-29)18-30(21(4)32)26-20(3)16-19(2)17-25(26)28/h16-17,22-24H,5-15,18H2,1-4H3. The summed E-state index contributed by atoms with van der Waals surface area (Å²) in [5.74, 6) is 0.161. The zero-order valence-corrected chi connectivity index (χ0v) is 21.4. The minimum absolute atomic E-state index is 0.0929. The monoisotopic (exact) mass is 467 g/mol. The molecule has 34 heavy (non-hydrogen) atoms. The van der Waals surface area contributed by atoms with Gasteiger partial charge in [0.15, 0.2) is 0 Å². The lowest BCUT2D eigenvalue weighted by Crippen LogP contribution is -2.50. The van der Waals surface area contributed by atoms with Gasteiger partial charge in [-0.15, -0.1) is 0 Å². The molecule has 6 nitrogen and oxygen atoms in total. The molecule has 3 saturated heterocycles. The van der Waals surface area contributed by atoms with E-state index in [1.807, 2.05) is 11.8 Å². The van der Waals surface area contributed by atoms with Crippen LogP contribution in [-0.4, -0.2) is 66.2 Å². The zero-order valence-electron chi connectivity index (χ0n) is 21.4. The molecule has 2 unspecified atom stereocenters. The number of ether oxygens (including phenoxy) is 1. The maximum atomic E-state index is 12.5. The molecular formula is C28H41N3O3. The number of nitrogens with zero attached hydrogens (tertiary/aromatic N) is 3. The fourth-order valence-electron chi connectivity index (χ4n) is 7.51. The normalized spacial score (nSPS) is 28.5. The van der Waals surface area contributed by atoms with Crippen LogP contribution in [0.1, 0.15) is 81.9 Å². The van der Waals surface area contributed by atoms with Crippen molar-refractivity contribution in [1.29, 1.82) is 0 Å². The molecule has 1 aromatic carbocycles. The molecule has 0 N–H and O–H groups in total. The molecule has 6 heteroatoms. The summed E-state index contributed by atoms with van der Waals surface area (Å²) in [6, 6.07) is 5.86. The van der Waals surface area contributed by atoms with Gasteiger partial charge >= 0.3 is 6.09 Å². The zero-order chi connectivity index (χ0) is 24.0. The first-order valence-corrected chi connectivity index (χ1v) is 13.4. The Balaban J connectivity index is 1.28. The predicted molar refractivity (Wildman–Crippen MR) is 134 cm³/mol. The van der Waals surface area contributed by atoms with E-state index < -0.39 is 0 Å². The van der Waals surface area contributed by atoms with E-state index in [0.29, 0.717) is 24.7 Å². The van der Waals surface area contributed by atoms with Crippen molar-refractivity contribution < 1.29 is 14.3 Å². The number of carbonyl (C=O) groups is 2. The number of amides is 2. The largest absolute Gasteiger partial charge is 0.450 e. The first-order valence-electron chi connectivity index (χ1n) is 13.4. The van der Waals surface area contributed by atoms with Gasteiger partial charge in [0.2, 0.25) is 5.91 Å². The molecule has 4 heterocycles. The maximum Gasteiger partial charge on any atom is 0.410 e. The Morgan fingerprint density at radius 2 is 1.56 bits per heavy atom. The Morgan fingerprint density at radius 3 is 2.12 bits per heavy atom. The van der Waals surface area contributed by atoms with Crippen molar-refractivity contribution in [3.05, 3.63) is 28.8 Å². The number of carbonyl (C=O) groups excluding carboxylic acids is 2. The van der Waals surface area contributed by atoms with Crippen molar-refractivity contribution >= 4 is 17.7 Å². The molecule has 186 valence electrons. The van der Waals surface area contributed by atoms with Crippen LogP contribution in [0.4, 0.5) is 10.5 Å². The molecule has 4 aliphatic heterocycles. The van der Waals surface area contributed by atoms with Crippen LogP contribution < -0.4 is 4.90 Å². The van der Waals surface area contributed by atoms with Gasteiger partial charge in [-0.3, -0.25) is 4.79 Å². The van der Waals surface area contributed by atoms with Gasteiger partial charge in [-0.1, -0.05) is 17.7 Å². The number of aryl methyl sites for hydroxylation is 2. The van der Waals surface area contributed by atoms with Gasteiger partial charge in [0.25, 0.3) is 0 Å². The number of anilines is 1. The number of rotatable bonds is 2. The first-order chi connectivity index (χ1) is 16.3. The van der Waals surface area contributed by atoms with Gasteiger partial charge in [-0.2, -0.15) is 0 Å². The molecule has 3 fully saturated rings. The highest BCUT2D eigenvalue weighted by Gasteiger charge is 2.47. The van der Waals surface area contributed by atoms with E-state index in [4.69, 9.17) is 4.74 Å². The molecule has 0 aliphatic carbocycles. The molecular weight excluding hydrogens is 426 g/mol. The Hall–Kier alpha value is -2.08. The molecule has 5 rings (SSSR count). The van der Waals surface area contributed by atoms with Gasteiger partial charge in [0, 0.05) is 37.0 Å². The van der Waals surface area contributed by atoms with E-state index >= 15 is 0 Å². The molecule has 2 bridgehead atoms. The third kappa shape index (κ3) is 4.02. The third-order valence-electron chi connectivity index (χ3n) is 9.16. The van der Waals surface area contributed by atoms with E-state index in [1.54, 1.807) is 6.92 Å². The van der Waals surface area contributed by atoms with E-state index in [9.17, 15) is 9.59 Å². The molecule has 0 saturated carbocycles. The minimum atomic E-state index is -0.103. The predicted octanol–water partition coefficient (Wildman–Crippen LogP) is 4.94. The average Bonchev–Trinajstić information content (AvgIpc) is 3.36. The van der Waals surface area contributed by atoms with Gasteiger partial charge in [-0.05, 0) is 96.4 Å². The average molecular weight is 468 g/mol. The third-order valence-corrected chi connectivity index (χ3v) is 9.16. The Morgan fingerprint density at radius 1 is 0.971 bits per heavy atom. The van der Waals surface area contributed by atoms with Crippen LogP contribution in [0.25, 0.3) is 0 Å². The number of piperidine rings is 1. The molecule has 0 radical (unpaired) electrons. The highest BCUT2D eigenvalue weighted by atomic mass is 16.6. The van der Waals surface area contributed by atoms with Gasteiger partial charge in [-0.25, -0.2) is 4.79 Å². The maximum absolute atomic E-state index is 12.5. The van der Waals surface area contributed by atoms with Crippen LogP contribution in [0.2, 0.25) is 0 Å². The topological polar surface area (TPSA) is 53.1 Å². The second-order valence-electron chi connectivity index (χ2n) is 11.2. The number of likely N-dealkylation sites (tertiary alicyclic amines) is 1. The quantitative estimate of drug-likeness (QED) is 0.619. The first kappa shape index (κ1) is 23.7. The number of hydrogen-bond acceptors (Lipinski definition) is 4. The summed E-state index contributed by atoms with van der Waals surface area (Å²) >= 11 is 0. The Bertz CT molecular complexity index is 936. The minimum Gasteiger partial charge on any atom is -0.450 e. The van der Waals surface area contributed by atoms with Crippen LogP contribution >= 0.6 is 0 Å². The SMILES string of the molecule is CCOC(=O)N1C2CCC(N3CCC4(CC3)CN(C(C)=O)c3c(C)cc(C)cc34)CCC1CC2. The van der Waals surface area contributed by atoms with Crippen LogP contribution in [0.15, 0.2) is 12.1 Å². The molecule has 1 spiro atoms. The van der Waals surface area contributed by atoms with Crippen molar-refractivity contribution in [3.8, 4) is 0 Å². The van der Waals surface area contributed by atoms with Crippen molar-refractivity contribution in [3.63, 3.8) is 0 Å².